The minimum absolute atomic E-state index is 0.190. The third-order valence-electron chi connectivity index (χ3n) is 3.68. The van der Waals surface area contributed by atoms with Crippen molar-refractivity contribution in [1.29, 1.82) is 0 Å². The molecule has 1 unspecified atom stereocenters. The van der Waals surface area contributed by atoms with Crippen molar-refractivity contribution in [2.24, 2.45) is 0 Å². The minimum Gasteiger partial charge on any atom is -0.444 e. The maximum Gasteiger partial charge on any atom is 0.410 e. The van der Waals surface area contributed by atoms with E-state index >= 15 is 0 Å². The molecular weight excluding hydrogens is 328 g/mol. The van der Waals surface area contributed by atoms with E-state index in [0.29, 0.717) is 0 Å². The summed E-state index contributed by atoms with van der Waals surface area (Å²) >= 11 is 3.46. The van der Waals surface area contributed by atoms with E-state index in [1.807, 2.05) is 43.9 Å². The van der Waals surface area contributed by atoms with Crippen molar-refractivity contribution in [2.45, 2.75) is 49.6 Å². The van der Waals surface area contributed by atoms with Crippen LogP contribution < -0.4 is 0 Å². The van der Waals surface area contributed by atoms with E-state index in [2.05, 4.69) is 11.1 Å². The Kier molecular flexibility index (Phi) is 4.82. The molecule has 1 aromatic carbocycles. The number of amides is 1. The Hall–Kier alpha value is -1.27. The van der Waals surface area contributed by atoms with E-state index in [9.17, 15) is 4.79 Å². The van der Waals surface area contributed by atoms with Crippen LogP contribution in [0.5, 0.6) is 0 Å². The molecule has 1 fully saturated rings. The minimum atomic E-state index is -0.440. The molecule has 0 bridgehead atoms. The first kappa shape index (κ1) is 16.6. The van der Waals surface area contributed by atoms with Crippen LogP contribution in [0.2, 0.25) is 0 Å². The van der Waals surface area contributed by atoms with Gasteiger partial charge in [0.2, 0.25) is 0 Å². The number of thioether (sulfide) groups is 1. The second-order valence-electron chi connectivity index (χ2n) is 6.73. The summed E-state index contributed by atoms with van der Waals surface area (Å²) in [6, 6.07) is 8.42. The summed E-state index contributed by atoms with van der Waals surface area (Å²) in [6.45, 7) is 6.52. The van der Waals surface area contributed by atoms with E-state index in [4.69, 9.17) is 4.74 Å². The Morgan fingerprint density at radius 2 is 2.22 bits per heavy atom. The number of likely N-dealkylation sites (tertiary alicyclic amines) is 1. The van der Waals surface area contributed by atoms with Crippen molar-refractivity contribution >= 4 is 39.4 Å². The van der Waals surface area contributed by atoms with Gasteiger partial charge in [0.05, 0.1) is 10.2 Å². The molecule has 2 aromatic rings. The van der Waals surface area contributed by atoms with Gasteiger partial charge < -0.3 is 9.64 Å². The summed E-state index contributed by atoms with van der Waals surface area (Å²) in [5.74, 6) is 0.874. The van der Waals surface area contributed by atoms with Crippen LogP contribution in [-0.2, 0) is 4.74 Å². The van der Waals surface area contributed by atoms with Gasteiger partial charge in [-0.15, -0.1) is 11.3 Å². The van der Waals surface area contributed by atoms with Crippen LogP contribution in [-0.4, -0.2) is 39.9 Å². The number of para-hydroxylation sites is 1. The predicted octanol–water partition coefficient (Wildman–Crippen LogP) is 4.79. The molecule has 0 saturated carbocycles. The second-order valence-corrected chi connectivity index (χ2v) is 9.03. The van der Waals surface area contributed by atoms with Gasteiger partial charge in [-0.2, -0.15) is 0 Å². The molecule has 1 atom stereocenters. The van der Waals surface area contributed by atoms with Crippen molar-refractivity contribution in [3.8, 4) is 0 Å². The molecule has 1 aromatic heterocycles. The van der Waals surface area contributed by atoms with Gasteiger partial charge in [-0.25, -0.2) is 9.78 Å². The van der Waals surface area contributed by atoms with E-state index < -0.39 is 5.60 Å². The lowest BCUT2D eigenvalue weighted by Gasteiger charge is -2.28. The zero-order chi connectivity index (χ0) is 16.4. The lowest BCUT2D eigenvalue weighted by atomic mass is 10.2. The number of rotatable bonds is 3. The molecule has 124 valence electrons. The fourth-order valence-electron chi connectivity index (χ4n) is 2.65. The first-order valence-corrected chi connectivity index (χ1v) is 9.70. The summed E-state index contributed by atoms with van der Waals surface area (Å²) in [5, 5.41) is 0. The van der Waals surface area contributed by atoms with Crippen LogP contribution in [0.3, 0.4) is 0 Å². The summed E-state index contributed by atoms with van der Waals surface area (Å²) < 4.78 is 7.80. The number of fused-ring (bicyclic) bond motifs is 1. The molecule has 1 saturated heterocycles. The van der Waals surface area contributed by atoms with E-state index in [-0.39, 0.29) is 12.1 Å². The Morgan fingerprint density at radius 1 is 1.43 bits per heavy atom. The number of benzene rings is 1. The first-order chi connectivity index (χ1) is 10.9. The smallest absolute Gasteiger partial charge is 0.410 e. The van der Waals surface area contributed by atoms with Crippen LogP contribution in [0, 0.1) is 0 Å². The SMILES string of the molecule is CC(C)(C)OC(=O)N1CCCC1CSc1nc2ccccc2s1. The molecule has 1 aliphatic rings. The largest absolute Gasteiger partial charge is 0.444 e. The van der Waals surface area contributed by atoms with Gasteiger partial charge in [0.1, 0.15) is 5.60 Å². The molecule has 0 spiro atoms. The number of thiazole rings is 1. The van der Waals surface area contributed by atoms with Gasteiger partial charge in [-0.1, -0.05) is 23.9 Å². The summed E-state index contributed by atoms with van der Waals surface area (Å²) in [4.78, 5) is 18.8. The number of ether oxygens (including phenoxy) is 1. The number of hydrogen-bond acceptors (Lipinski definition) is 5. The average Bonchev–Trinajstić information content (AvgIpc) is 3.09. The van der Waals surface area contributed by atoms with Crippen LogP contribution >= 0.6 is 23.1 Å². The highest BCUT2D eigenvalue weighted by Gasteiger charge is 2.32. The number of carbonyl (C=O) groups excluding carboxylic acids is 1. The third-order valence-corrected chi connectivity index (χ3v) is 6.00. The Labute approximate surface area is 145 Å². The van der Waals surface area contributed by atoms with Gasteiger partial charge in [0.15, 0.2) is 4.34 Å². The lowest BCUT2D eigenvalue weighted by Crippen LogP contribution is -2.40. The number of carbonyl (C=O) groups is 1. The molecule has 3 rings (SSSR count). The fraction of sp³-hybridized carbons (Fsp3) is 0.529. The first-order valence-electron chi connectivity index (χ1n) is 7.90. The quantitative estimate of drug-likeness (QED) is 0.747. The topological polar surface area (TPSA) is 42.4 Å². The molecule has 0 N–H and O–H groups in total. The fourth-order valence-corrected chi connectivity index (χ4v) is 4.90. The van der Waals surface area contributed by atoms with Crippen LogP contribution in [0.4, 0.5) is 4.79 Å². The molecule has 1 amide bonds. The number of hydrogen-bond donors (Lipinski definition) is 0. The lowest BCUT2D eigenvalue weighted by molar-refractivity contribution is 0.0242. The normalized spacial score (nSPS) is 18.6. The predicted molar refractivity (Wildman–Crippen MR) is 96.3 cm³/mol. The highest BCUT2D eigenvalue weighted by Crippen LogP contribution is 2.32. The molecule has 2 heterocycles. The molecule has 6 heteroatoms. The average molecular weight is 351 g/mol. The van der Waals surface area contributed by atoms with E-state index in [0.717, 1.165) is 35.0 Å². The van der Waals surface area contributed by atoms with Gasteiger partial charge in [-0.05, 0) is 45.7 Å². The summed E-state index contributed by atoms with van der Waals surface area (Å²) in [5.41, 5.74) is 0.611. The molecule has 0 aliphatic carbocycles. The third kappa shape index (κ3) is 4.18. The molecular formula is C17H22N2O2S2. The van der Waals surface area contributed by atoms with Crippen molar-refractivity contribution < 1.29 is 9.53 Å². The summed E-state index contributed by atoms with van der Waals surface area (Å²) in [6.07, 6.45) is 1.89. The zero-order valence-electron chi connectivity index (χ0n) is 13.7. The Balaban J connectivity index is 1.61. The van der Waals surface area contributed by atoms with Gasteiger partial charge >= 0.3 is 6.09 Å². The molecule has 0 radical (unpaired) electrons. The zero-order valence-corrected chi connectivity index (χ0v) is 15.4. The maximum absolute atomic E-state index is 12.3. The Morgan fingerprint density at radius 3 is 2.96 bits per heavy atom. The highest BCUT2D eigenvalue weighted by molar-refractivity contribution is 8.01. The van der Waals surface area contributed by atoms with E-state index in [1.54, 1.807) is 23.1 Å². The summed E-state index contributed by atoms with van der Waals surface area (Å²) in [7, 11) is 0. The Bertz CT molecular complexity index is 660. The van der Waals surface area contributed by atoms with Gasteiger partial charge in [0, 0.05) is 18.3 Å². The standard InChI is InChI=1S/C17H22N2O2S2/c1-17(2,3)21-16(20)19-10-6-7-12(19)11-22-15-18-13-8-4-5-9-14(13)23-15/h4-5,8-9,12H,6-7,10-11H2,1-3H3. The highest BCUT2D eigenvalue weighted by atomic mass is 32.2. The molecule has 4 nitrogen and oxygen atoms in total. The monoisotopic (exact) mass is 350 g/mol. The van der Waals surface area contributed by atoms with E-state index in [1.165, 1.54) is 4.70 Å². The van der Waals surface area contributed by atoms with Crippen molar-refractivity contribution in [2.75, 3.05) is 12.3 Å². The second kappa shape index (κ2) is 6.69. The van der Waals surface area contributed by atoms with Gasteiger partial charge in [-0.3, -0.25) is 0 Å². The van der Waals surface area contributed by atoms with Crippen molar-refractivity contribution in [3.63, 3.8) is 0 Å². The van der Waals surface area contributed by atoms with Crippen LogP contribution in [0.15, 0.2) is 28.6 Å². The maximum atomic E-state index is 12.3. The van der Waals surface area contributed by atoms with Gasteiger partial charge in [0.25, 0.3) is 0 Å². The van der Waals surface area contributed by atoms with Crippen molar-refractivity contribution in [1.82, 2.24) is 9.88 Å². The van der Waals surface area contributed by atoms with Crippen LogP contribution in [0.25, 0.3) is 10.2 Å². The number of aromatic nitrogens is 1. The number of nitrogens with zero attached hydrogens (tertiary/aromatic N) is 2. The molecule has 1 aliphatic heterocycles. The molecule has 23 heavy (non-hydrogen) atoms. The van der Waals surface area contributed by atoms with Crippen molar-refractivity contribution in [3.05, 3.63) is 24.3 Å². The van der Waals surface area contributed by atoms with Crippen LogP contribution in [0.1, 0.15) is 33.6 Å².